The highest BCUT2D eigenvalue weighted by Crippen LogP contribution is 2.23. The third-order valence-electron chi connectivity index (χ3n) is 4.41. The number of nitrogens with two attached hydrogens (primary N) is 1. The van der Waals surface area contributed by atoms with Gasteiger partial charge in [-0.25, -0.2) is 4.99 Å². The summed E-state index contributed by atoms with van der Waals surface area (Å²) in [4.78, 5) is 4.40. The number of aliphatic imine (C=N–C) groups is 1. The number of ether oxygens (including phenoxy) is 1. The van der Waals surface area contributed by atoms with Gasteiger partial charge < -0.3 is 20.4 Å². The largest absolute Gasteiger partial charge is 0.457 e. The smallest absolute Gasteiger partial charge is 0.193 e. The number of fused-ring (bicyclic) bond motifs is 1. The fraction of sp³-hybridized carbons (Fsp3) is 0.250. The highest BCUT2D eigenvalue weighted by Gasteiger charge is 2.15. The third kappa shape index (κ3) is 5.00. The summed E-state index contributed by atoms with van der Waals surface area (Å²) in [6.07, 6.45) is 3.31. The van der Waals surface area contributed by atoms with Crippen LogP contribution in [0.2, 0.25) is 0 Å². The van der Waals surface area contributed by atoms with Gasteiger partial charge in [0, 0.05) is 24.7 Å². The molecule has 0 spiro atoms. The van der Waals surface area contributed by atoms with Gasteiger partial charge in [-0.15, -0.1) is 34.2 Å². The summed E-state index contributed by atoms with van der Waals surface area (Å²) in [7, 11) is 0. The molecule has 0 aliphatic carbocycles. The molecule has 2 heterocycles. The number of aryl methyl sites for hydroxylation is 1. The van der Waals surface area contributed by atoms with Crippen molar-refractivity contribution in [3.8, 4) is 11.5 Å². The Morgan fingerprint density at radius 1 is 1.07 bits per heavy atom. The Bertz CT molecular complexity index is 941. The van der Waals surface area contributed by atoms with E-state index >= 15 is 0 Å². The van der Waals surface area contributed by atoms with Gasteiger partial charge in [0.1, 0.15) is 23.9 Å². The van der Waals surface area contributed by atoms with Gasteiger partial charge >= 0.3 is 0 Å². The lowest BCUT2D eigenvalue weighted by Crippen LogP contribution is -2.23. The Hall–Kier alpha value is -2.62. The molecule has 1 aliphatic rings. The first-order valence-corrected chi connectivity index (χ1v) is 9.09. The van der Waals surface area contributed by atoms with Crippen molar-refractivity contribution in [2.24, 2.45) is 10.7 Å². The second kappa shape index (κ2) is 9.54. The van der Waals surface area contributed by atoms with Crippen molar-refractivity contribution in [3.05, 3.63) is 66.2 Å². The molecule has 1 aliphatic heterocycles. The lowest BCUT2D eigenvalue weighted by atomic mass is 10.2. The van der Waals surface area contributed by atoms with Gasteiger partial charge in [0.2, 0.25) is 0 Å². The number of benzene rings is 2. The number of anilines is 1. The Balaban J connectivity index is 0.00000225. The summed E-state index contributed by atoms with van der Waals surface area (Å²) in [5, 5.41) is 11.6. The van der Waals surface area contributed by atoms with Crippen LogP contribution >= 0.6 is 24.0 Å². The zero-order chi connectivity index (χ0) is 18.5. The van der Waals surface area contributed by atoms with Crippen LogP contribution in [0.25, 0.3) is 0 Å². The first-order chi connectivity index (χ1) is 13.3. The molecule has 28 heavy (non-hydrogen) atoms. The molecular weight excluding hydrogens is 467 g/mol. The highest BCUT2D eigenvalue weighted by molar-refractivity contribution is 14.0. The average molecular weight is 490 g/mol. The molecule has 0 radical (unpaired) electrons. The van der Waals surface area contributed by atoms with Crippen molar-refractivity contribution in [1.82, 2.24) is 14.8 Å². The second-order valence-corrected chi connectivity index (χ2v) is 6.41. The number of para-hydroxylation sites is 1. The molecule has 0 unspecified atom stereocenters. The summed E-state index contributed by atoms with van der Waals surface area (Å²) >= 11 is 0. The van der Waals surface area contributed by atoms with E-state index < -0.39 is 0 Å². The van der Waals surface area contributed by atoms with Gasteiger partial charge in [-0.3, -0.25) is 0 Å². The van der Waals surface area contributed by atoms with Gasteiger partial charge in [-0.05, 0) is 37.1 Å². The molecule has 4 rings (SSSR count). The maximum absolute atomic E-state index is 6.04. The van der Waals surface area contributed by atoms with Gasteiger partial charge in [0.25, 0.3) is 0 Å². The molecule has 0 atom stereocenters. The van der Waals surface area contributed by atoms with Crippen LogP contribution in [0.5, 0.6) is 11.5 Å². The van der Waals surface area contributed by atoms with Crippen LogP contribution in [0, 0.1) is 0 Å². The van der Waals surface area contributed by atoms with E-state index in [-0.39, 0.29) is 24.0 Å². The number of halogens is 1. The van der Waals surface area contributed by atoms with Gasteiger partial charge in [-0.2, -0.15) is 0 Å². The van der Waals surface area contributed by atoms with Gasteiger partial charge in [0.15, 0.2) is 11.8 Å². The minimum absolute atomic E-state index is 0. The van der Waals surface area contributed by atoms with E-state index in [9.17, 15) is 0 Å². The number of nitrogens with zero attached hydrogens (tertiary/aromatic N) is 4. The molecule has 0 fully saturated rings. The maximum Gasteiger partial charge on any atom is 0.193 e. The summed E-state index contributed by atoms with van der Waals surface area (Å²) in [6, 6.07) is 17.2. The van der Waals surface area contributed by atoms with Gasteiger partial charge in [0.05, 0.1) is 0 Å². The highest BCUT2D eigenvalue weighted by atomic mass is 127. The molecule has 7 nitrogen and oxygen atoms in total. The van der Waals surface area contributed by atoms with Crippen LogP contribution < -0.4 is 15.8 Å². The van der Waals surface area contributed by atoms with E-state index in [4.69, 9.17) is 10.5 Å². The predicted molar refractivity (Wildman–Crippen MR) is 120 cm³/mol. The first kappa shape index (κ1) is 20.1. The Morgan fingerprint density at radius 2 is 1.89 bits per heavy atom. The lowest BCUT2D eigenvalue weighted by Gasteiger charge is -2.14. The van der Waals surface area contributed by atoms with E-state index in [1.807, 2.05) is 54.6 Å². The Morgan fingerprint density at radius 3 is 2.75 bits per heavy atom. The van der Waals surface area contributed by atoms with Crippen molar-refractivity contribution in [2.75, 3.05) is 5.32 Å². The van der Waals surface area contributed by atoms with Crippen LogP contribution in [0.4, 0.5) is 5.69 Å². The minimum atomic E-state index is 0. The SMILES string of the molecule is I.NC(=NCc1nnc2n1CCCC2)Nc1cccc(Oc2ccccc2)c1. The van der Waals surface area contributed by atoms with E-state index in [0.717, 1.165) is 48.2 Å². The number of hydrogen-bond donors (Lipinski definition) is 2. The van der Waals surface area contributed by atoms with Crippen molar-refractivity contribution in [2.45, 2.75) is 32.4 Å². The predicted octanol–water partition coefficient (Wildman–Crippen LogP) is 3.95. The van der Waals surface area contributed by atoms with E-state index in [1.165, 1.54) is 6.42 Å². The van der Waals surface area contributed by atoms with Crippen LogP contribution in [-0.2, 0) is 19.5 Å². The Labute approximate surface area is 181 Å². The van der Waals surface area contributed by atoms with Crippen LogP contribution in [0.15, 0.2) is 59.6 Å². The molecule has 3 N–H and O–H groups in total. The van der Waals surface area contributed by atoms with Crippen molar-refractivity contribution in [1.29, 1.82) is 0 Å². The zero-order valence-corrected chi connectivity index (χ0v) is 17.7. The van der Waals surface area contributed by atoms with Crippen molar-refractivity contribution >= 4 is 35.6 Å². The monoisotopic (exact) mass is 490 g/mol. The number of guanidine groups is 1. The fourth-order valence-corrected chi connectivity index (χ4v) is 3.09. The molecule has 146 valence electrons. The number of aromatic nitrogens is 3. The lowest BCUT2D eigenvalue weighted by molar-refractivity contribution is 0.483. The molecule has 1 aromatic heterocycles. The summed E-state index contributed by atoms with van der Waals surface area (Å²) in [5.41, 5.74) is 6.85. The van der Waals surface area contributed by atoms with Crippen LogP contribution in [0.1, 0.15) is 24.5 Å². The maximum atomic E-state index is 6.04. The first-order valence-electron chi connectivity index (χ1n) is 9.09. The zero-order valence-electron chi connectivity index (χ0n) is 15.4. The van der Waals surface area contributed by atoms with Crippen LogP contribution in [-0.4, -0.2) is 20.7 Å². The Kier molecular flexibility index (Phi) is 6.85. The number of nitrogens with one attached hydrogen (secondary N) is 1. The third-order valence-corrected chi connectivity index (χ3v) is 4.41. The standard InChI is InChI=1S/C20H22N6O.HI/c21-20(22-14-19-25-24-18-11-4-5-12-26(18)19)23-15-7-6-10-17(13-15)27-16-8-2-1-3-9-16;/h1-3,6-10,13H,4-5,11-12,14H2,(H3,21,22,23);1H. The number of rotatable bonds is 5. The van der Waals surface area contributed by atoms with Gasteiger partial charge in [-0.1, -0.05) is 24.3 Å². The van der Waals surface area contributed by atoms with E-state index in [1.54, 1.807) is 0 Å². The summed E-state index contributed by atoms with van der Waals surface area (Å²) in [5.74, 6) is 3.75. The molecule has 2 aromatic carbocycles. The van der Waals surface area contributed by atoms with E-state index in [2.05, 4.69) is 25.1 Å². The minimum Gasteiger partial charge on any atom is -0.457 e. The van der Waals surface area contributed by atoms with Crippen molar-refractivity contribution in [3.63, 3.8) is 0 Å². The summed E-state index contributed by atoms with van der Waals surface area (Å²) in [6.45, 7) is 1.37. The molecular formula is C20H23IN6O. The fourth-order valence-electron chi connectivity index (χ4n) is 3.09. The van der Waals surface area contributed by atoms with E-state index in [0.29, 0.717) is 12.5 Å². The summed E-state index contributed by atoms with van der Waals surface area (Å²) < 4.78 is 7.99. The molecule has 0 amide bonds. The molecule has 8 heteroatoms. The van der Waals surface area contributed by atoms with Crippen LogP contribution in [0.3, 0.4) is 0 Å². The topological polar surface area (TPSA) is 90.4 Å². The quantitative estimate of drug-likeness (QED) is 0.321. The second-order valence-electron chi connectivity index (χ2n) is 6.41. The molecule has 0 bridgehead atoms. The average Bonchev–Trinajstić information content (AvgIpc) is 3.11. The molecule has 3 aromatic rings. The number of hydrogen-bond acceptors (Lipinski definition) is 4. The van der Waals surface area contributed by atoms with Crippen molar-refractivity contribution < 1.29 is 4.74 Å². The normalized spacial score (nSPS) is 13.4. The molecule has 0 saturated heterocycles. The molecule has 0 saturated carbocycles.